The number of fused-ring (bicyclic) bond motifs is 2. The van der Waals surface area contributed by atoms with Gasteiger partial charge < -0.3 is 16.8 Å². The van der Waals surface area contributed by atoms with Gasteiger partial charge in [-0.2, -0.15) is 8.78 Å². The number of amides is 1. The number of carbonyl (C=O) groups excluding carboxylic acids is 1. The minimum absolute atomic E-state index is 0.0883. The first-order valence-electron chi connectivity index (χ1n) is 10.9. The van der Waals surface area contributed by atoms with Crippen molar-refractivity contribution in [1.29, 1.82) is 0 Å². The molecule has 2 heterocycles. The Morgan fingerprint density at radius 3 is 2.74 bits per heavy atom. The smallest absolute Gasteiger partial charge is 0.320 e. The fourth-order valence-corrected chi connectivity index (χ4v) is 4.10. The summed E-state index contributed by atoms with van der Waals surface area (Å²) in [6.45, 7) is 1.27. The first-order valence-corrected chi connectivity index (χ1v) is 10.9. The number of anilines is 1. The summed E-state index contributed by atoms with van der Waals surface area (Å²) in [4.78, 5) is 25.2. The first-order chi connectivity index (χ1) is 16.8. The van der Waals surface area contributed by atoms with Crippen LogP contribution in [-0.2, 0) is 17.9 Å². The average Bonchev–Trinajstić information content (AvgIpc) is 3.21. The van der Waals surface area contributed by atoms with Gasteiger partial charge in [0, 0.05) is 30.5 Å². The van der Waals surface area contributed by atoms with Gasteiger partial charge in [0.2, 0.25) is 0 Å². The molecule has 2 aromatic carbocycles. The van der Waals surface area contributed by atoms with Crippen molar-refractivity contribution in [2.24, 2.45) is 10.7 Å². The van der Waals surface area contributed by atoms with E-state index in [2.05, 4.69) is 20.3 Å². The number of aliphatic imine (C=N–C) groups is 1. The van der Waals surface area contributed by atoms with E-state index in [9.17, 15) is 13.6 Å². The predicted molar refractivity (Wildman–Crippen MR) is 133 cm³/mol. The summed E-state index contributed by atoms with van der Waals surface area (Å²) in [5.74, 6) is 0.103. The molecule has 10 heteroatoms. The molecular formula is C25H25F2N7O. The topological polar surface area (TPSA) is 124 Å². The molecule has 180 valence electrons. The van der Waals surface area contributed by atoms with Crippen molar-refractivity contribution in [2.45, 2.75) is 33.5 Å². The van der Waals surface area contributed by atoms with Gasteiger partial charge in [-0.05, 0) is 60.2 Å². The molecule has 0 aliphatic heterocycles. The molecule has 0 saturated heterocycles. The van der Waals surface area contributed by atoms with Crippen molar-refractivity contribution >= 4 is 39.7 Å². The molecule has 2 aromatic heterocycles. The Bertz CT molecular complexity index is 1470. The highest BCUT2D eigenvalue weighted by atomic mass is 19.3. The fourth-order valence-electron chi connectivity index (χ4n) is 4.10. The maximum absolute atomic E-state index is 13.6. The number of alkyl halides is 2. The number of halogens is 2. The molecule has 5 N–H and O–H groups in total. The number of para-hydroxylation sites is 2. The van der Waals surface area contributed by atoms with E-state index >= 15 is 0 Å². The lowest BCUT2D eigenvalue weighted by Gasteiger charge is -2.15. The monoisotopic (exact) mass is 477 g/mol. The van der Waals surface area contributed by atoms with Crippen molar-refractivity contribution in [3.63, 3.8) is 0 Å². The van der Waals surface area contributed by atoms with Gasteiger partial charge in [0.15, 0.2) is 0 Å². The van der Waals surface area contributed by atoms with Crippen LogP contribution in [0.2, 0.25) is 0 Å². The highest BCUT2D eigenvalue weighted by molar-refractivity contribution is 6.12. The van der Waals surface area contributed by atoms with Gasteiger partial charge in [0.1, 0.15) is 11.6 Å². The zero-order valence-corrected chi connectivity index (χ0v) is 19.3. The quantitative estimate of drug-likeness (QED) is 0.275. The lowest BCUT2D eigenvalue weighted by Crippen LogP contribution is -2.26. The summed E-state index contributed by atoms with van der Waals surface area (Å²) in [5, 5.41) is 4.67. The predicted octanol–water partition coefficient (Wildman–Crippen LogP) is 3.91. The van der Waals surface area contributed by atoms with Crippen LogP contribution in [0.15, 0.2) is 59.4 Å². The molecule has 0 bridgehead atoms. The molecule has 0 aliphatic rings. The Morgan fingerprint density at radius 1 is 1.23 bits per heavy atom. The van der Waals surface area contributed by atoms with Crippen LogP contribution in [0, 0.1) is 13.8 Å². The number of rotatable bonds is 7. The summed E-state index contributed by atoms with van der Waals surface area (Å²) >= 11 is 0. The number of nitrogens with zero attached hydrogens (tertiary/aromatic N) is 4. The summed E-state index contributed by atoms with van der Waals surface area (Å²) in [7, 11) is 0. The number of benzene rings is 2. The number of carbonyl (C=O) groups is 1. The second-order valence-corrected chi connectivity index (χ2v) is 8.03. The van der Waals surface area contributed by atoms with Crippen LogP contribution in [0.25, 0.3) is 21.8 Å². The van der Waals surface area contributed by atoms with E-state index in [0.29, 0.717) is 16.9 Å². The van der Waals surface area contributed by atoms with Crippen molar-refractivity contribution in [2.75, 3.05) is 5.73 Å². The molecule has 35 heavy (non-hydrogen) atoms. The molecule has 4 aromatic rings. The lowest BCUT2D eigenvalue weighted by molar-refractivity contribution is -0.117. The molecular weight excluding hydrogens is 452 g/mol. The van der Waals surface area contributed by atoms with Crippen LogP contribution in [0.4, 0.5) is 14.6 Å². The van der Waals surface area contributed by atoms with Gasteiger partial charge in [-0.3, -0.25) is 14.4 Å². The largest absolute Gasteiger partial charge is 0.404 e. The van der Waals surface area contributed by atoms with Crippen LogP contribution in [0.3, 0.4) is 0 Å². The van der Waals surface area contributed by atoms with E-state index in [0.717, 1.165) is 38.2 Å². The molecule has 1 amide bonds. The summed E-state index contributed by atoms with van der Waals surface area (Å²) < 4.78 is 28.0. The van der Waals surface area contributed by atoms with Crippen LogP contribution < -0.4 is 16.8 Å². The Kier molecular flexibility index (Phi) is 6.72. The van der Waals surface area contributed by atoms with Crippen LogP contribution >= 0.6 is 0 Å². The van der Waals surface area contributed by atoms with Crippen molar-refractivity contribution in [3.05, 3.63) is 76.9 Å². The third kappa shape index (κ3) is 4.68. The second kappa shape index (κ2) is 9.88. The molecule has 8 nitrogen and oxygen atoms in total. The zero-order chi connectivity index (χ0) is 25.1. The minimum Gasteiger partial charge on any atom is -0.404 e. The first kappa shape index (κ1) is 23.8. The molecule has 0 saturated carbocycles. The number of nitrogens with one attached hydrogen (secondary N) is 1. The van der Waals surface area contributed by atoms with E-state index < -0.39 is 12.5 Å². The van der Waals surface area contributed by atoms with Gasteiger partial charge in [-0.25, -0.2) is 9.97 Å². The SMILES string of the molecule is Cc1cc2c(N)nccc2c(C)c1CNC(=O)/C(C=NCc1nc2ccccc2n1C(F)F)=C/N. The minimum atomic E-state index is -2.76. The summed E-state index contributed by atoms with van der Waals surface area (Å²) in [6, 6.07) is 10.4. The summed E-state index contributed by atoms with van der Waals surface area (Å²) in [6.07, 6.45) is 4.04. The Morgan fingerprint density at radius 2 is 2.00 bits per heavy atom. The molecule has 4 rings (SSSR count). The van der Waals surface area contributed by atoms with Crippen molar-refractivity contribution < 1.29 is 13.6 Å². The molecule has 0 radical (unpaired) electrons. The molecule has 0 unspecified atom stereocenters. The van der Waals surface area contributed by atoms with E-state index in [1.165, 1.54) is 6.21 Å². The number of nitrogens with two attached hydrogens (primary N) is 2. The number of aryl methyl sites for hydroxylation is 2. The Balaban J connectivity index is 1.48. The Labute approximate surface area is 200 Å². The molecule has 0 atom stereocenters. The lowest BCUT2D eigenvalue weighted by atomic mass is 9.96. The van der Waals surface area contributed by atoms with Crippen LogP contribution in [0.5, 0.6) is 0 Å². The highest BCUT2D eigenvalue weighted by Gasteiger charge is 2.17. The van der Waals surface area contributed by atoms with E-state index in [4.69, 9.17) is 11.5 Å². The van der Waals surface area contributed by atoms with E-state index in [1.54, 1.807) is 30.5 Å². The second-order valence-electron chi connectivity index (χ2n) is 8.03. The van der Waals surface area contributed by atoms with Gasteiger partial charge in [-0.15, -0.1) is 0 Å². The average molecular weight is 478 g/mol. The maximum Gasteiger partial charge on any atom is 0.320 e. The van der Waals surface area contributed by atoms with Crippen LogP contribution in [0.1, 0.15) is 29.1 Å². The Hall–Kier alpha value is -4.34. The van der Waals surface area contributed by atoms with Gasteiger partial charge in [-0.1, -0.05) is 12.1 Å². The number of hydrogen-bond acceptors (Lipinski definition) is 6. The number of hydrogen-bond donors (Lipinski definition) is 3. The number of nitrogen functional groups attached to an aromatic ring is 1. The third-order valence-corrected chi connectivity index (χ3v) is 5.91. The van der Waals surface area contributed by atoms with Crippen LogP contribution in [-0.4, -0.2) is 26.7 Å². The molecule has 0 fully saturated rings. The number of imidazole rings is 1. The number of pyridine rings is 1. The van der Waals surface area contributed by atoms with Crippen molar-refractivity contribution in [3.8, 4) is 0 Å². The normalized spacial score (nSPS) is 12.3. The standard InChI is InChI=1S/C25H25F2N7O/c1-14-9-18-17(7-8-31-23(18)29)15(2)19(14)12-32-24(35)16(10-28)11-30-13-22-33-20-5-3-4-6-21(20)34(22)25(26)27/h3-11,25H,12-13,28H2,1-2H3,(H2,29,31)(H,32,35)/b16-10+,30-11?. The third-order valence-electron chi connectivity index (χ3n) is 5.91. The molecule has 0 aliphatic carbocycles. The van der Waals surface area contributed by atoms with E-state index in [-0.39, 0.29) is 24.5 Å². The summed E-state index contributed by atoms with van der Waals surface area (Å²) in [5.41, 5.74) is 15.4. The maximum atomic E-state index is 13.6. The van der Waals surface area contributed by atoms with Gasteiger partial charge in [0.25, 0.3) is 5.91 Å². The number of aromatic nitrogens is 3. The highest BCUT2D eigenvalue weighted by Crippen LogP contribution is 2.28. The van der Waals surface area contributed by atoms with Gasteiger partial charge >= 0.3 is 6.55 Å². The van der Waals surface area contributed by atoms with E-state index in [1.807, 2.05) is 26.0 Å². The fraction of sp³-hybridized carbons (Fsp3) is 0.200. The van der Waals surface area contributed by atoms with Crippen molar-refractivity contribution in [1.82, 2.24) is 19.9 Å². The molecule has 0 spiro atoms. The zero-order valence-electron chi connectivity index (χ0n) is 19.3. The van der Waals surface area contributed by atoms with Gasteiger partial charge in [0.05, 0.1) is 23.2 Å².